The van der Waals surface area contributed by atoms with E-state index >= 15 is 0 Å². The number of carbonyl (C=O) groups excluding carboxylic acids is 1. The van der Waals surface area contributed by atoms with Crippen LogP contribution in [0.2, 0.25) is 0 Å². The molecule has 0 heterocycles. The lowest BCUT2D eigenvalue weighted by Gasteiger charge is -2.34. The Kier molecular flexibility index (Phi) is 6.41. The van der Waals surface area contributed by atoms with E-state index in [9.17, 15) is 18.0 Å². The van der Waals surface area contributed by atoms with Gasteiger partial charge in [0.15, 0.2) is 0 Å². The van der Waals surface area contributed by atoms with Gasteiger partial charge in [0, 0.05) is 13.2 Å². The van der Waals surface area contributed by atoms with Gasteiger partial charge >= 0.3 is 12.3 Å². The van der Waals surface area contributed by atoms with Crippen LogP contribution in [0, 0.1) is 0 Å². The van der Waals surface area contributed by atoms with Gasteiger partial charge in [-0.3, -0.25) is 4.90 Å². The zero-order chi connectivity index (χ0) is 14.3. The molecule has 1 saturated carbocycles. The van der Waals surface area contributed by atoms with Crippen LogP contribution in [0.15, 0.2) is 0 Å². The maximum absolute atomic E-state index is 12.5. The van der Waals surface area contributed by atoms with Crippen LogP contribution < -0.4 is 0 Å². The fourth-order valence-electron chi connectivity index (χ4n) is 2.22. The molecule has 1 aliphatic rings. The monoisotopic (exact) mass is 283 g/mol. The van der Waals surface area contributed by atoms with Gasteiger partial charge in [-0.25, -0.2) is 4.79 Å². The molecule has 0 atom stereocenters. The molecule has 7 heteroatoms. The van der Waals surface area contributed by atoms with E-state index in [4.69, 9.17) is 9.47 Å². The van der Waals surface area contributed by atoms with Crippen molar-refractivity contribution in [3.8, 4) is 0 Å². The first-order valence-electron chi connectivity index (χ1n) is 6.43. The Morgan fingerprint density at radius 3 is 2.37 bits per heavy atom. The van der Waals surface area contributed by atoms with E-state index in [-0.39, 0.29) is 19.3 Å². The number of methoxy groups -OCH3 is 1. The standard InChI is InChI=1S/C12H20F3NO3/c1-18-7-8-19-11(17)16(9-12(13,14)15)10-5-3-2-4-6-10/h10H,2-9H2,1H3. The summed E-state index contributed by atoms with van der Waals surface area (Å²) in [5.74, 6) is 0. The second kappa shape index (κ2) is 7.57. The molecule has 0 saturated heterocycles. The molecule has 4 nitrogen and oxygen atoms in total. The molecule has 0 aromatic rings. The van der Waals surface area contributed by atoms with Gasteiger partial charge in [0.05, 0.1) is 6.61 Å². The number of nitrogens with zero attached hydrogens (tertiary/aromatic N) is 1. The van der Waals surface area contributed by atoms with E-state index in [2.05, 4.69) is 0 Å². The van der Waals surface area contributed by atoms with Gasteiger partial charge in [0.1, 0.15) is 13.2 Å². The minimum atomic E-state index is -4.41. The van der Waals surface area contributed by atoms with Crippen molar-refractivity contribution < 1.29 is 27.4 Å². The molecule has 0 aliphatic heterocycles. The lowest BCUT2D eigenvalue weighted by Crippen LogP contribution is -2.46. The number of hydrogen-bond acceptors (Lipinski definition) is 3. The van der Waals surface area contributed by atoms with Crippen molar-refractivity contribution in [3.05, 3.63) is 0 Å². The highest BCUT2D eigenvalue weighted by atomic mass is 19.4. The van der Waals surface area contributed by atoms with E-state index in [1.807, 2.05) is 0 Å². The van der Waals surface area contributed by atoms with Crippen LogP contribution in [0.1, 0.15) is 32.1 Å². The Morgan fingerprint density at radius 1 is 1.21 bits per heavy atom. The molecular formula is C12H20F3NO3. The molecule has 0 spiro atoms. The van der Waals surface area contributed by atoms with Crippen molar-refractivity contribution in [2.45, 2.75) is 44.3 Å². The Morgan fingerprint density at radius 2 is 1.84 bits per heavy atom. The summed E-state index contributed by atoms with van der Waals surface area (Å²) in [5.41, 5.74) is 0. The van der Waals surface area contributed by atoms with Crippen molar-refractivity contribution in [2.24, 2.45) is 0 Å². The van der Waals surface area contributed by atoms with Crippen LogP contribution in [0.3, 0.4) is 0 Å². The van der Waals surface area contributed by atoms with Gasteiger partial charge in [-0.15, -0.1) is 0 Å². The highest BCUT2D eigenvalue weighted by Gasteiger charge is 2.37. The third-order valence-corrected chi connectivity index (χ3v) is 3.11. The summed E-state index contributed by atoms with van der Waals surface area (Å²) in [6.07, 6.45) is -1.38. The van der Waals surface area contributed by atoms with E-state index in [0.29, 0.717) is 12.8 Å². The predicted octanol–water partition coefficient (Wildman–Crippen LogP) is 2.97. The molecule has 1 amide bonds. The molecule has 0 N–H and O–H groups in total. The second-order valence-electron chi connectivity index (χ2n) is 4.64. The zero-order valence-corrected chi connectivity index (χ0v) is 11.0. The van der Waals surface area contributed by atoms with Crippen molar-refractivity contribution in [1.29, 1.82) is 0 Å². The largest absolute Gasteiger partial charge is 0.447 e. The summed E-state index contributed by atoms with van der Waals surface area (Å²) in [4.78, 5) is 12.6. The molecule has 112 valence electrons. The van der Waals surface area contributed by atoms with Gasteiger partial charge in [0.25, 0.3) is 0 Å². The Hall–Kier alpha value is -0.980. The minimum absolute atomic E-state index is 0.0313. The van der Waals surface area contributed by atoms with E-state index in [0.717, 1.165) is 24.2 Å². The SMILES string of the molecule is COCCOC(=O)N(CC(F)(F)F)C1CCCCC1. The quantitative estimate of drug-likeness (QED) is 0.728. The summed E-state index contributed by atoms with van der Waals surface area (Å²) in [7, 11) is 1.43. The van der Waals surface area contributed by atoms with Crippen molar-refractivity contribution in [1.82, 2.24) is 4.90 Å². The van der Waals surface area contributed by atoms with Crippen molar-refractivity contribution in [3.63, 3.8) is 0 Å². The molecule has 0 aromatic carbocycles. The molecule has 1 fully saturated rings. The Balaban J connectivity index is 2.59. The van der Waals surface area contributed by atoms with Crippen molar-refractivity contribution >= 4 is 6.09 Å². The topological polar surface area (TPSA) is 38.8 Å². The Labute approximate surface area is 110 Å². The number of carbonyl (C=O) groups is 1. The number of hydrogen-bond donors (Lipinski definition) is 0. The average molecular weight is 283 g/mol. The fraction of sp³-hybridized carbons (Fsp3) is 0.917. The van der Waals surface area contributed by atoms with Crippen LogP contribution in [-0.4, -0.2) is 50.1 Å². The number of rotatable bonds is 5. The number of ether oxygens (including phenoxy) is 2. The predicted molar refractivity (Wildman–Crippen MR) is 62.9 cm³/mol. The fourth-order valence-corrected chi connectivity index (χ4v) is 2.22. The molecule has 1 rings (SSSR count). The second-order valence-corrected chi connectivity index (χ2v) is 4.64. The van der Waals surface area contributed by atoms with Gasteiger partial charge in [-0.2, -0.15) is 13.2 Å². The molecule has 0 radical (unpaired) electrons. The van der Waals surface area contributed by atoms with Gasteiger partial charge < -0.3 is 9.47 Å². The van der Waals surface area contributed by atoms with E-state index in [1.165, 1.54) is 7.11 Å². The van der Waals surface area contributed by atoms with Crippen LogP contribution in [0.4, 0.5) is 18.0 Å². The molecule has 1 aliphatic carbocycles. The summed E-state index contributed by atoms with van der Waals surface area (Å²) < 4.78 is 47.1. The number of amides is 1. The van der Waals surface area contributed by atoms with Crippen molar-refractivity contribution in [2.75, 3.05) is 26.9 Å². The first-order chi connectivity index (χ1) is 8.94. The first kappa shape index (κ1) is 16.1. The van der Waals surface area contributed by atoms with Gasteiger partial charge in [-0.05, 0) is 12.8 Å². The highest BCUT2D eigenvalue weighted by Crippen LogP contribution is 2.26. The first-order valence-corrected chi connectivity index (χ1v) is 6.43. The lowest BCUT2D eigenvalue weighted by atomic mass is 9.94. The van der Waals surface area contributed by atoms with Crippen LogP contribution >= 0.6 is 0 Å². The number of alkyl halides is 3. The zero-order valence-electron chi connectivity index (χ0n) is 11.0. The van der Waals surface area contributed by atoms with Crippen LogP contribution in [0.25, 0.3) is 0 Å². The van der Waals surface area contributed by atoms with Crippen LogP contribution in [-0.2, 0) is 9.47 Å². The van der Waals surface area contributed by atoms with Gasteiger partial charge in [-0.1, -0.05) is 19.3 Å². The summed E-state index contributed by atoms with van der Waals surface area (Å²) >= 11 is 0. The lowest BCUT2D eigenvalue weighted by molar-refractivity contribution is -0.148. The highest BCUT2D eigenvalue weighted by molar-refractivity contribution is 5.68. The third kappa shape index (κ3) is 6.13. The van der Waals surface area contributed by atoms with E-state index < -0.39 is 18.8 Å². The summed E-state index contributed by atoms with van der Waals surface area (Å²) in [6, 6.07) is -0.370. The maximum atomic E-state index is 12.5. The third-order valence-electron chi connectivity index (χ3n) is 3.11. The minimum Gasteiger partial charge on any atom is -0.447 e. The maximum Gasteiger partial charge on any atom is 0.410 e. The summed E-state index contributed by atoms with van der Waals surface area (Å²) in [5, 5.41) is 0. The summed E-state index contributed by atoms with van der Waals surface area (Å²) in [6.45, 7) is -1.10. The molecule has 0 bridgehead atoms. The van der Waals surface area contributed by atoms with E-state index in [1.54, 1.807) is 0 Å². The van der Waals surface area contributed by atoms with Crippen LogP contribution in [0.5, 0.6) is 0 Å². The number of halogens is 3. The molecule has 19 heavy (non-hydrogen) atoms. The molecule has 0 unspecified atom stereocenters. The Bertz CT molecular complexity index is 278. The molecular weight excluding hydrogens is 263 g/mol. The average Bonchev–Trinajstić information content (AvgIpc) is 2.36. The smallest absolute Gasteiger partial charge is 0.410 e. The molecule has 0 aromatic heterocycles. The normalized spacial score (nSPS) is 17.3. The van der Waals surface area contributed by atoms with Gasteiger partial charge in [0.2, 0.25) is 0 Å².